The molecule has 0 aromatic heterocycles. The number of carbonyl (C=O) groups excluding carboxylic acids is 2. The van der Waals surface area contributed by atoms with Crippen LogP contribution in [0.2, 0.25) is 0 Å². The molecule has 0 aliphatic carbocycles. The molecular formula is C9H15NO4. The van der Waals surface area contributed by atoms with Crippen molar-refractivity contribution >= 4 is 11.9 Å². The van der Waals surface area contributed by atoms with E-state index in [2.05, 4.69) is 0 Å². The lowest BCUT2D eigenvalue weighted by Crippen LogP contribution is -2.66. The molecule has 14 heavy (non-hydrogen) atoms. The van der Waals surface area contributed by atoms with Crippen LogP contribution in [0.25, 0.3) is 0 Å². The molecule has 0 bridgehead atoms. The van der Waals surface area contributed by atoms with Gasteiger partial charge in [0.15, 0.2) is 0 Å². The standard InChI is InChI=1S/C9H15NO4/c1-5(2)9(10)6(11)13-8(3,4)14-7(9)12/h5H,10H2,1-4H3. The summed E-state index contributed by atoms with van der Waals surface area (Å²) in [6, 6.07) is 0. The maximum atomic E-state index is 11.5. The first-order valence-electron chi connectivity index (χ1n) is 4.46. The fourth-order valence-electron chi connectivity index (χ4n) is 1.19. The van der Waals surface area contributed by atoms with Crippen molar-refractivity contribution in [1.29, 1.82) is 0 Å². The van der Waals surface area contributed by atoms with Gasteiger partial charge in [-0.1, -0.05) is 13.8 Å². The minimum atomic E-state index is -1.67. The molecule has 0 radical (unpaired) electrons. The third-order valence-corrected chi connectivity index (χ3v) is 2.26. The first kappa shape index (κ1) is 11.0. The van der Waals surface area contributed by atoms with Crippen LogP contribution < -0.4 is 5.73 Å². The Balaban J connectivity index is 3.03. The van der Waals surface area contributed by atoms with Gasteiger partial charge in [0.05, 0.1) is 0 Å². The van der Waals surface area contributed by atoms with Crippen molar-refractivity contribution in [3.8, 4) is 0 Å². The second kappa shape index (κ2) is 2.95. The highest BCUT2D eigenvalue weighted by Gasteiger charge is 2.55. The van der Waals surface area contributed by atoms with Crippen molar-refractivity contribution in [2.45, 2.75) is 39.0 Å². The van der Waals surface area contributed by atoms with E-state index in [9.17, 15) is 9.59 Å². The van der Waals surface area contributed by atoms with Crippen LogP contribution in [0.5, 0.6) is 0 Å². The zero-order valence-electron chi connectivity index (χ0n) is 8.79. The molecule has 0 aromatic rings. The fraction of sp³-hybridized carbons (Fsp3) is 0.778. The molecule has 0 spiro atoms. The van der Waals surface area contributed by atoms with Crippen LogP contribution in [0.4, 0.5) is 0 Å². The molecule has 0 unspecified atom stereocenters. The summed E-state index contributed by atoms with van der Waals surface area (Å²) in [5.41, 5.74) is 3.99. The zero-order valence-corrected chi connectivity index (χ0v) is 8.79. The minimum Gasteiger partial charge on any atom is -0.421 e. The van der Waals surface area contributed by atoms with Gasteiger partial charge in [-0.3, -0.25) is 0 Å². The summed E-state index contributed by atoms with van der Waals surface area (Å²) in [5.74, 6) is -3.03. The van der Waals surface area contributed by atoms with Gasteiger partial charge in [-0.15, -0.1) is 0 Å². The summed E-state index contributed by atoms with van der Waals surface area (Å²) in [6.45, 7) is 6.31. The van der Waals surface area contributed by atoms with Gasteiger partial charge in [-0.2, -0.15) is 0 Å². The Morgan fingerprint density at radius 3 is 1.79 bits per heavy atom. The Hall–Kier alpha value is -1.10. The molecule has 1 aliphatic heterocycles. The molecule has 2 N–H and O–H groups in total. The van der Waals surface area contributed by atoms with Crippen LogP contribution in [0, 0.1) is 5.92 Å². The Labute approximate surface area is 82.5 Å². The van der Waals surface area contributed by atoms with Crippen LogP contribution in [0.3, 0.4) is 0 Å². The Morgan fingerprint density at radius 1 is 1.14 bits per heavy atom. The van der Waals surface area contributed by atoms with Gasteiger partial charge in [0.25, 0.3) is 5.79 Å². The summed E-state index contributed by atoms with van der Waals surface area (Å²) >= 11 is 0. The van der Waals surface area contributed by atoms with E-state index in [4.69, 9.17) is 15.2 Å². The van der Waals surface area contributed by atoms with Crippen LogP contribution in [0.15, 0.2) is 0 Å². The molecule has 1 aliphatic rings. The summed E-state index contributed by atoms with van der Waals surface area (Å²) in [7, 11) is 0. The molecule has 1 heterocycles. The summed E-state index contributed by atoms with van der Waals surface area (Å²) in [4.78, 5) is 23.1. The number of carbonyl (C=O) groups is 2. The van der Waals surface area contributed by atoms with Crippen LogP contribution in [-0.4, -0.2) is 23.3 Å². The van der Waals surface area contributed by atoms with Gasteiger partial charge in [0.1, 0.15) is 0 Å². The van der Waals surface area contributed by atoms with Gasteiger partial charge in [0.2, 0.25) is 5.54 Å². The molecule has 0 saturated carbocycles. The maximum Gasteiger partial charge on any atom is 0.341 e. The van der Waals surface area contributed by atoms with Gasteiger partial charge < -0.3 is 15.2 Å². The Bertz CT molecular complexity index is 263. The lowest BCUT2D eigenvalue weighted by Gasteiger charge is -2.39. The molecule has 5 heteroatoms. The number of nitrogens with two attached hydrogens (primary N) is 1. The van der Waals surface area contributed by atoms with Gasteiger partial charge in [0, 0.05) is 13.8 Å². The normalized spacial score (nSPS) is 24.4. The van der Waals surface area contributed by atoms with E-state index in [1.807, 2.05) is 0 Å². The van der Waals surface area contributed by atoms with E-state index >= 15 is 0 Å². The van der Waals surface area contributed by atoms with Crippen LogP contribution in [0.1, 0.15) is 27.7 Å². The second-order valence-corrected chi connectivity index (χ2v) is 4.20. The predicted octanol–water partition coefficient (Wildman–Crippen LogP) is 0.176. The summed E-state index contributed by atoms with van der Waals surface area (Å²) < 4.78 is 9.83. The van der Waals surface area contributed by atoms with Crippen molar-refractivity contribution in [3.05, 3.63) is 0 Å². The second-order valence-electron chi connectivity index (χ2n) is 4.20. The largest absolute Gasteiger partial charge is 0.421 e. The van der Waals surface area contributed by atoms with Gasteiger partial charge >= 0.3 is 11.9 Å². The van der Waals surface area contributed by atoms with Crippen molar-refractivity contribution in [2.24, 2.45) is 11.7 Å². The minimum absolute atomic E-state index is 0.362. The molecular weight excluding hydrogens is 186 g/mol. The van der Waals surface area contributed by atoms with Crippen LogP contribution in [-0.2, 0) is 19.1 Å². The molecule has 80 valence electrons. The number of esters is 2. The van der Waals surface area contributed by atoms with E-state index in [-0.39, 0.29) is 5.92 Å². The number of cyclic esters (lactones) is 2. The highest BCUT2D eigenvalue weighted by atomic mass is 16.7. The van der Waals surface area contributed by atoms with E-state index in [1.165, 1.54) is 13.8 Å². The molecule has 1 fully saturated rings. The first-order chi connectivity index (χ1) is 6.20. The van der Waals surface area contributed by atoms with Crippen molar-refractivity contribution < 1.29 is 19.1 Å². The zero-order chi connectivity index (χ0) is 11.1. The highest BCUT2D eigenvalue weighted by Crippen LogP contribution is 2.29. The molecule has 5 nitrogen and oxygen atoms in total. The van der Waals surface area contributed by atoms with Gasteiger partial charge in [-0.25, -0.2) is 9.59 Å². The third kappa shape index (κ3) is 1.48. The maximum absolute atomic E-state index is 11.5. The molecule has 1 rings (SSSR count). The topological polar surface area (TPSA) is 78.6 Å². The first-order valence-corrected chi connectivity index (χ1v) is 4.46. The third-order valence-electron chi connectivity index (χ3n) is 2.26. The average Bonchev–Trinajstić information content (AvgIpc) is 1.97. The lowest BCUT2D eigenvalue weighted by atomic mass is 9.86. The fourth-order valence-corrected chi connectivity index (χ4v) is 1.19. The SMILES string of the molecule is CC(C)C1(N)C(=O)OC(C)(C)OC1=O. The number of hydrogen-bond donors (Lipinski definition) is 1. The van der Waals surface area contributed by atoms with E-state index < -0.39 is 23.3 Å². The predicted molar refractivity (Wildman–Crippen MR) is 48.0 cm³/mol. The summed E-state index contributed by atoms with van der Waals surface area (Å²) in [6.07, 6.45) is 0. The number of rotatable bonds is 1. The Kier molecular flexibility index (Phi) is 2.31. The highest BCUT2D eigenvalue weighted by molar-refractivity contribution is 6.06. The quantitative estimate of drug-likeness (QED) is 0.483. The molecule has 0 amide bonds. The number of hydrogen-bond acceptors (Lipinski definition) is 5. The van der Waals surface area contributed by atoms with Gasteiger partial charge in [-0.05, 0) is 5.92 Å². The smallest absolute Gasteiger partial charge is 0.341 e. The van der Waals surface area contributed by atoms with Crippen molar-refractivity contribution in [1.82, 2.24) is 0 Å². The molecule has 1 saturated heterocycles. The van der Waals surface area contributed by atoms with Crippen molar-refractivity contribution in [3.63, 3.8) is 0 Å². The van der Waals surface area contributed by atoms with E-state index in [0.717, 1.165) is 0 Å². The molecule has 0 atom stereocenters. The average molecular weight is 201 g/mol. The van der Waals surface area contributed by atoms with Crippen molar-refractivity contribution in [2.75, 3.05) is 0 Å². The van der Waals surface area contributed by atoms with Crippen LogP contribution >= 0.6 is 0 Å². The van der Waals surface area contributed by atoms with E-state index in [0.29, 0.717) is 0 Å². The van der Waals surface area contributed by atoms with E-state index in [1.54, 1.807) is 13.8 Å². The Morgan fingerprint density at radius 2 is 1.50 bits per heavy atom. The monoisotopic (exact) mass is 201 g/mol. The molecule has 0 aromatic carbocycles. The summed E-state index contributed by atoms with van der Waals surface area (Å²) in [5, 5.41) is 0. The lowest BCUT2D eigenvalue weighted by molar-refractivity contribution is -0.244. The number of ether oxygens (including phenoxy) is 2.